The first-order valence-electron chi connectivity index (χ1n) is 8.79. The zero-order valence-corrected chi connectivity index (χ0v) is 14.8. The molecule has 1 N–H and O–H groups in total. The van der Waals surface area contributed by atoms with E-state index in [1.807, 2.05) is 18.2 Å². The molecule has 2 aromatic rings. The summed E-state index contributed by atoms with van der Waals surface area (Å²) in [5.74, 6) is -1.55. The van der Waals surface area contributed by atoms with Gasteiger partial charge in [0.2, 0.25) is 5.91 Å². The van der Waals surface area contributed by atoms with E-state index in [1.54, 1.807) is 6.92 Å². The third kappa shape index (κ3) is 4.65. The predicted molar refractivity (Wildman–Crippen MR) is 97.7 cm³/mol. The summed E-state index contributed by atoms with van der Waals surface area (Å²) in [6.07, 6.45) is 0. The summed E-state index contributed by atoms with van der Waals surface area (Å²) in [6.45, 7) is 5.92. The minimum atomic E-state index is -0.639. The summed E-state index contributed by atoms with van der Waals surface area (Å²) in [7, 11) is 0. The van der Waals surface area contributed by atoms with Crippen LogP contribution in [0.4, 0.5) is 14.5 Å². The van der Waals surface area contributed by atoms with E-state index in [0.717, 1.165) is 50.9 Å². The third-order valence-corrected chi connectivity index (χ3v) is 4.77. The number of hydrogen-bond donors (Lipinski definition) is 1. The lowest BCUT2D eigenvalue weighted by Gasteiger charge is -2.37. The highest BCUT2D eigenvalue weighted by Crippen LogP contribution is 2.17. The molecule has 0 unspecified atom stereocenters. The van der Waals surface area contributed by atoms with Gasteiger partial charge in [-0.25, -0.2) is 8.78 Å². The molecule has 0 bridgehead atoms. The van der Waals surface area contributed by atoms with Crippen LogP contribution < -0.4 is 5.32 Å². The lowest BCUT2D eigenvalue weighted by atomic mass is 10.1. The molecule has 1 heterocycles. The number of nitrogens with one attached hydrogen (secondary N) is 1. The quantitative estimate of drug-likeness (QED) is 0.891. The monoisotopic (exact) mass is 359 g/mol. The van der Waals surface area contributed by atoms with Crippen LogP contribution in [-0.4, -0.2) is 47.9 Å². The van der Waals surface area contributed by atoms with Gasteiger partial charge in [-0.2, -0.15) is 0 Å². The Balaban J connectivity index is 1.52. The molecular formula is C20H23F2N3O. The number of carbonyl (C=O) groups is 1. The van der Waals surface area contributed by atoms with E-state index in [4.69, 9.17) is 0 Å². The second kappa shape index (κ2) is 8.38. The van der Waals surface area contributed by atoms with Gasteiger partial charge in [-0.05, 0) is 24.6 Å². The number of rotatable bonds is 5. The maximum Gasteiger partial charge on any atom is 0.241 e. The van der Waals surface area contributed by atoms with Crippen molar-refractivity contribution in [2.75, 3.05) is 31.5 Å². The smallest absolute Gasteiger partial charge is 0.241 e. The first-order valence-corrected chi connectivity index (χ1v) is 8.79. The van der Waals surface area contributed by atoms with Gasteiger partial charge in [0.1, 0.15) is 11.6 Å². The molecule has 1 aliphatic heterocycles. The predicted octanol–water partition coefficient (Wildman–Crippen LogP) is 3.11. The van der Waals surface area contributed by atoms with Gasteiger partial charge >= 0.3 is 0 Å². The maximum atomic E-state index is 13.7. The lowest BCUT2D eigenvalue weighted by Crippen LogP contribution is -2.52. The number of nitrogens with zero attached hydrogens (tertiary/aromatic N) is 2. The number of hydrogen-bond acceptors (Lipinski definition) is 3. The molecule has 0 saturated carbocycles. The molecule has 3 rings (SSSR count). The van der Waals surface area contributed by atoms with Crippen LogP contribution in [0.5, 0.6) is 0 Å². The van der Waals surface area contributed by atoms with Crippen molar-refractivity contribution in [2.45, 2.75) is 19.5 Å². The molecule has 6 heteroatoms. The first-order chi connectivity index (χ1) is 12.5. The van der Waals surface area contributed by atoms with Gasteiger partial charge in [0.25, 0.3) is 0 Å². The van der Waals surface area contributed by atoms with Crippen LogP contribution in [0.3, 0.4) is 0 Å². The molecule has 1 amide bonds. The Morgan fingerprint density at radius 2 is 1.77 bits per heavy atom. The fraction of sp³-hybridized carbons (Fsp3) is 0.350. The molecule has 138 valence electrons. The number of anilines is 1. The zero-order valence-electron chi connectivity index (χ0n) is 14.8. The Bertz CT molecular complexity index is 746. The number of halogens is 2. The summed E-state index contributed by atoms with van der Waals surface area (Å²) >= 11 is 0. The Hall–Kier alpha value is -2.31. The number of amides is 1. The van der Waals surface area contributed by atoms with Crippen molar-refractivity contribution >= 4 is 11.6 Å². The highest BCUT2D eigenvalue weighted by molar-refractivity contribution is 5.94. The van der Waals surface area contributed by atoms with Crippen molar-refractivity contribution < 1.29 is 13.6 Å². The molecule has 1 saturated heterocycles. The molecule has 1 atom stereocenters. The highest BCUT2D eigenvalue weighted by Gasteiger charge is 2.26. The van der Waals surface area contributed by atoms with Crippen LogP contribution in [0.15, 0.2) is 48.5 Å². The molecule has 0 spiro atoms. The average molecular weight is 359 g/mol. The van der Waals surface area contributed by atoms with Gasteiger partial charge in [0.05, 0.1) is 11.7 Å². The first kappa shape index (κ1) is 18.5. The fourth-order valence-electron chi connectivity index (χ4n) is 3.15. The van der Waals surface area contributed by atoms with Crippen molar-refractivity contribution in [3.8, 4) is 0 Å². The molecule has 0 radical (unpaired) electrons. The normalized spacial score (nSPS) is 17.0. The average Bonchev–Trinajstić information content (AvgIpc) is 2.65. The van der Waals surface area contributed by atoms with Gasteiger partial charge in [0.15, 0.2) is 0 Å². The van der Waals surface area contributed by atoms with Crippen molar-refractivity contribution in [1.29, 1.82) is 0 Å². The molecule has 4 nitrogen and oxygen atoms in total. The van der Waals surface area contributed by atoms with E-state index in [-0.39, 0.29) is 11.6 Å². The van der Waals surface area contributed by atoms with Crippen LogP contribution >= 0.6 is 0 Å². The van der Waals surface area contributed by atoms with Crippen LogP contribution in [0.25, 0.3) is 0 Å². The summed E-state index contributed by atoms with van der Waals surface area (Å²) in [5.41, 5.74) is 1.15. The van der Waals surface area contributed by atoms with Gasteiger partial charge in [-0.15, -0.1) is 0 Å². The summed E-state index contributed by atoms with van der Waals surface area (Å²) in [4.78, 5) is 16.8. The van der Waals surface area contributed by atoms with E-state index >= 15 is 0 Å². The standard InChI is InChI=1S/C20H23F2N3O/c1-15(20(26)23-19-13-17(21)7-8-18(19)22)25-11-9-24(10-12-25)14-16-5-3-2-4-6-16/h2-8,13,15H,9-12,14H2,1H3,(H,23,26)/t15-/m1/s1. The van der Waals surface area contributed by atoms with Crippen LogP contribution in [0, 0.1) is 11.6 Å². The van der Waals surface area contributed by atoms with Gasteiger partial charge < -0.3 is 5.32 Å². The van der Waals surface area contributed by atoms with Gasteiger partial charge in [-0.1, -0.05) is 30.3 Å². The maximum absolute atomic E-state index is 13.7. The largest absolute Gasteiger partial charge is 0.322 e. The molecule has 26 heavy (non-hydrogen) atoms. The Morgan fingerprint density at radius 1 is 1.08 bits per heavy atom. The minimum absolute atomic E-state index is 0.121. The van der Waals surface area contributed by atoms with E-state index < -0.39 is 17.7 Å². The number of piperazine rings is 1. The third-order valence-electron chi connectivity index (χ3n) is 4.77. The molecule has 1 fully saturated rings. The topological polar surface area (TPSA) is 35.6 Å². The van der Waals surface area contributed by atoms with Gasteiger partial charge in [-0.3, -0.25) is 14.6 Å². The minimum Gasteiger partial charge on any atom is -0.322 e. The van der Waals surface area contributed by atoms with Crippen molar-refractivity contribution in [1.82, 2.24) is 9.80 Å². The van der Waals surface area contributed by atoms with Crippen LogP contribution in [-0.2, 0) is 11.3 Å². The SMILES string of the molecule is C[C@H](C(=O)Nc1cc(F)ccc1F)N1CCN(Cc2ccccc2)CC1. The summed E-state index contributed by atoms with van der Waals surface area (Å²) < 4.78 is 26.9. The second-order valence-electron chi connectivity index (χ2n) is 6.59. The second-order valence-corrected chi connectivity index (χ2v) is 6.59. The number of carbonyl (C=O) groups excluding carboxylic acids is 1. The molecule has 1 aliphatic rings. The van der Waals surface area contributed by atoms with Crippen molar-refractivity contribution in [2.24, 2.45) is 0 Å². The van der Waals surface area contributed by atoms with E-state index in [9.17, 15) is 13.6 Å². The highest BCUT2D eigenvalue weighted by atomic mass is 19.1. The molecule has 0 aliphatic carbocycles. The van der Waals surface area contributed by atoms with Crippen LogP contribution in [0.1, 0.15) is 12.5 Å². The molecule has 0 aromatic heterocycles. The fourth-order valence-corrected chi connectivity index (χ4v) is 3.15. The van der Waals surface area contributed by atoms with E-state index in [0.29, 0.717) is 0 Å². The van der Waals surface area contributed by atoms with Crippen molar-refractivity contribution in [3.63, 3.8) is 0 Å². The summed E-state index contributed by atoms with van der Waals surface area (Å²) in [6, 6.07) is 12.9. The van der Waals surface area contributed by atoms with Gasteiger partial charge in [0, 0.05) is 38.8 Å². The summed E-state index contributed by atoms with van der Waals surface area (Å²) in [5, 5.41) is 2.49. The zero-order chi connectivity index (χ0) is 18.5. The van der Waals surface area contributed by atoms with Crippen LogP contribution in [0.2, 0.25) is 0 Å². The Labute approximate surface area is 152 Å². The number of benzene rings is 2. The lowest BCUT2D eigenvalue weighted by molar-refractivity contribution is -0.121. The van der Waals surface area contributed by atoms with Crippen molar-refractivity contribution in [3.05, 3.63) is 65.7 Å². The molecule has 2 aromatic carbocycles. The Kier molecular flexibility index (Phi) is 5.96. The molecular weight excluding hydrogens is 336 g/mol. The van der Waals surface area contributed by atoms with E-state index in [2.05, 4.69) is 27.2 Å². The van der Waals surface area contributed by atoms with E-state index in [1.165, 1.54) is 5.56 Å². The Morgan fingerprint density at radius 3 is 2.46 bits per heavy atom.